The number of halogens is 4. The second-order valence-electron chi connectivity index (χ2n) is 6.72. The monoisotopic (exact) mass is 433 g/mol. The number of carbonyl (C=O) groups is 1. The molecule has 158 valence electrons. The maximum absolute atomic E-state index is 14.9. The van der Waals surface area contributed by atoms with E-state index in [1.165, 1.54) is 23.4 Å². The van der Waals surface area contributed by atoms with E-state index in [0.717, 1.165) is 6.07 Å². The molecular formula is C19H11F4N5O3. The Morgan fingerprint density at radius 2 is 2.00 bits per heavy atom. The molecule has 1 fully saturated rings. The van der Waals surface area contributed by atoms with E-state index >= 15 is 0 Å². The Morgan fingerprint density at radius 3 is 2.74 bits per heavy atom. The number of imidazole rings is 1. The summed E-state index contributed by atoms with van der Waals surface area (Å²) < 4.78 is 62.2. The molecule has 3 heterocycles. The maximum atomic E-state index is 14.9. The number of fused-ring (bicyclic) bond motifs is 1. The van der Waals surface area contributed by atoms with Crippen LogP contribution in [0.4, 0.5) is 28.0 Å². The molecule has 2 aromatic heterocycles. The van der Waals surface area contributed by atoms with Crippen LogP contribution in [0.3, 0.4) is 0 Å². The third-order valence-electron chi connectivity index (χ3n) is 4.84. The van der Waals surface area contributed by atoms with Gasteiger partial charge in [0.15, 0.2) is 0 Å². The van der Waals surface area contributed by atoms with Gasteiger partial charge in [-0.1, -0.05) is 17.3 Å². The van der Waals surface area contributed by atoms with E-state index in [2.05, 4.69) is 24.6 Å². The molecule has 4 aromatic rings. The number of benzene rings is 2. The summed E-state index contributed by atoms with van der Waals surface area (Å²) in [4.78, 5) is 23.9. The summed E-state index contributed by atoms with van der Waals surface area (Å²) >= 11 is 0. The fourth-order valence-corrected chi connectivity index (χ4v) is 3.40. The van der Waals surface area contributed by atoms with Crippen LogP contribution >= 0.6 is 0 Å². The zero-order chi connectivity index (χ0) is 21.8. The molecule has 0 bridgehead atoms. The van der Waals surface area contributed by atoms with E-state index in [1.54, 1.807) is 18.2 Å². The summed E-state index contributed by atoms with van der Waals surface area (Å²) in [7, 11) is 0. The van der Waals surface area contributed by atoms with Crippen LogP contribution in [0.25, 0.3) is 22.4 Å². The molecule has 1 saturated heterocycles. The van der Waals surface area contributed by atoms with Crippen molar-refractivity contribution in [1.82, 2.24) is 20.1 Å². The standard InChI is InChI=1S/C19H11F4N5O3/c20-12-5-9(16-26-17(31-27-16)19(21,22)23)1-3-11(12)15-7-30-18(29)28(15)10-2-4-13-14(6-10)25-8-24-13/h1-6,8,15H,7H2,(H,24,25)/t15-/m1/s1. The number of hydrogen-bond acceptors (Lipinski definition) is 6. The average molecular weight is 433 g/mol. The lowest BCUT2D eigenvalue weighted by molar-refractivity contribution is -0.159. The summed E-state index contributed by atoms with van der Waals surface area (Å²) in [5.74, 6) is -2.69. The zero-order valence-electron chi connectivity index (χ0n) is 15.4. The molecule has 1 atom stereocenters. The van der Waals surface area contributed by atoms with Crippen molar-refractivity contribution in [3.05, 3.63) is 60.0 Å². The second kappa shape index (κ2) is 6.79. The van der Waals surface area contributed by atoms with Crippen LogP contribution in [-0.4, -0.2) is 32.8 Å². The van der Waals surface area contributed by atoms with Crippen molar-refractivity contribution in [3.8, 4) is 11.4 Å². The Bertz CT molecular complexity index is 1300. The molecule has 0 aliphatic carbocycles. The van der Waals surface area contributed by atoms with Gasteiger partial charge in [0.05, 0.1) is 23.0 Å². The number of hydrogen-bond donors (Lipinski definition) is 1. The van der Waals surface area contributed by atoms with Crippen LogP contribution in [0, 0.1) is 5.82 Å². The summed E-state index contributed by atoms with van der Waals surface area (Å²) in [6.07, 6.45) is -3.95. The highest BCUT2D eigenvalue weighted by Gasteiger charge is 2.39. The molecule has 0 radical (unpaired) electrons. The normalized spacial score (nSPS) is 16.8. The maximum Gasteiger partial charge on any atom is 0.471 e. The molecule has 1 N–H and O–H groups in total. The molecule has 1 aliphatic rings. The molecule has 12 heteroatoms. The highest BCUT2D eigenvalue weighted by atomic mass is 19.4. The Labute approximate surface area is 170 Å². The van der Waals surface area contributed by atoms with Crippen molar-refractivity contribution < 1.29 is 31.6 Å². The van der Waals surface area contributed by atoms with Crippen molar-refractivity contribution in [2.75, 3.05) is 11.5 Å². The molecule has 0 unspecified atom stereocenters. The molecule has 8 nitrogen and oxygen atoms in total. The van der Waals surface area contributed by atoms with E-state index in [9.17, 15) is 22.4 Å². The lowest BCUT2D eigenvalue weighted by Gasteiger charge is -2.22. The van der Waals surface area contributed by atoms with E-state index in [4.69, 9.17) is 4.74 Å². The number of rotatable bonds is 3. The first-order chi connectivity index (χ1) is 14.8. The van der Waals surface area contributed by atoms with Crippen molar-refractivity contribution in [3.63, 3.8) is 0 Å². The third kappa shape index (κ3) is 3.25. The molecule has 0 spiro atoms. The van der Waals surface area contributed by atoms with Gasteiger partial charge < -0.3 is 14.2 Å². The quantitative estimate of drug-likeness (QED) is 0.479. The van der Waals surface area contributed by atoms with E-state index < -0.39 is 35.8 Å². The van der Waals surface area contributed by atoms with E-state index in [1.807, 2.05) is 0 Å². The Hall–Kier alpha value is -3.96. The van der Waals surface area contributed by atoms with Gasteiger partial charge in [-0.05, 0) is 24.3 Å². The van der Waals surface area contributed by atoms with Gasteiger partial charge in [0.1, 0.15) is 18.5 Å². The molecule has 1 aliphatic heterocycles. The van der Waals surface area contributed by atoms with Gasteiger partial charge >= 0.3 is 18.2 Å². The highest BCUT2D eigenvalue weighted by molar-refractivity contribution is 5.93. The Balaban J connectivity index is 1.48. The first kappa shape index (κ1) is 19.0. The number of carbonyl (C=O) groups excluding carboxylic acids is 1. The minimum absolute atomic E-state index is 0.00355. The summed E-state index contributed by atoms with van der Waals surface area (Å²) in [5.41, 5.74) is 1.97. The first-order valence-electron chi connectivity index (χ1n) is 8.91. The zero-order valence-corrected chi connectivity index (χ0v) is 15.4. The minimum Gasteiger partial charge on any atom is -0.447 e. The molecule has 31 heavy (non-hydrogen) atoms. The van der Waals surface area contributed by atoms with Gasteiger partial charge in [0, 0.05) is 11.1 Å². The van der Waals surface area contributed by atoms with E-state index in [-0.39, 0.29) is 17.7 Å². The topological polar surface area (TPSA) is 97.1 Å². The number of nitrogens with one attached hydrogen (secondary N) is 1. The lowest BCUT2D eigenvalue weighted by atomic mass is 10.0. The summed E-state index contributed by atoms with van der Waals surface area (Å²) in [6, 6.07) is 7.96. The first-order valence-corrected chi connectivity index (χ1v) is 8.91. The van der Waals surface area contributed by atoms with Gasteiger partial charge in [-0.15, -0.1) is 0 Å². The summed E-state index contributed by atoms with van der Waals surface area (Å²) in [6.45, 7) is -0.101. The predicted molar refractivity (Wildman–Crippen MR) is 97.4 cm³/mol. The van der Waals surface area contributed by atoms with Gasteiger partial charge in [0.2, 0.25) is 5.82 Å². The number of amides is 1. The fraction of sp³-hybridized carbons (Fsp3) is 0.158. The molecule has 5 rings (SSSR count). The third-order valence-corrected chi connectivity index (χ3v) is 4.84. The molecule has 0 saturated carbocycles. The Kier molecular flexibility index (Phi) is 4.17. The fourth-order valence-electron chi connectivity index (χ4n) is 3.40. The predicted octanol–water partition coefficient (Wildman–Crippen LogP) is 4.47. The van der Waals surface area contributed by atoms with Crippen LogP contribution in [0.5, 0.6) is 0 Å². The number of anilines is 1. The smallest absolute Gasteiger partial charge is 0.447 e. The number of ether oxygens (including phenoxy) is 1. The minimum atomic E-state index is -4.80. The molecule has 1 amide bonds. The van der Waals surface area contributed by atoms with Crippen molar-refractivity contribution in [2.24, 2.45) is 0 Å². The summed E-state index contributed by atoms with van der Waals surface area (Å²) in [5, 5.41) is 3.25. The largest absolute Gasteiger partial charge is 0.471 e. The SMILES string of the molecule is O=C1OC[C@H](c2ccc(-c3noc(C(F)(F)F)n3)cc2F)N1c1ccc2nc[nH]c2c1. The van der Waals surface area contributed by atoms with Gasteiger partial charge in [-0.3, -0.25) is 4.90 Å². The number of H-pyrrole nitrogens is 1. The molecule has 2 aromatic carbocycles. The van der Waals surface area contributed by atoms with Gasteiger partial charge in [0.25, 0.3) is 0 Å². The number of aromatic nitrogens is 4. The Morgan fingerprint density at radius 1 is 1.16 bits per heavy atom. The number of alkyl halides is 3. The van der Waals surface area contributed by atoms with Gasteiger partial charge in [-0.25, -0.2) is 14.2 Å². The van der Waals surface area contributed by atoms with Crippen molar-refractivity contribution >= 4 is 22.8 Å². The number of aromatic amines is 1. The number of cyclic esters (lactones) is 1. The van der Waals surface area contributed by atoms with Crippen molar-refractivity contribution in [1.29, 1.82) is 0 Å². The van der Waals surface area contributed by atoms with Gasteiger partial charge in [-0.2, -0.15) is 18.2 Å². The second-order valence-corrected chi connectivity index (χ2v) is 6.72. The van der Waals surface area contributed by atoms with Crippen LogP contribution < -0.4 is 4.90 Å². The van der Waals surface area contributed by atoms with Crippen molar-refractivity contribution in [2.45, 2.75) is 12.2 Å². The number of nitrogens with zero attached hydrogens (tertiary/aromatic N) is 4. The van der Waals surface area contributed by atoms with E-state index in [0.29, 0.717) is 16.7 Å². The van der Waals surface area contributed by atoms with Crippen LogP contribution in [-0.2, 0) is 10.9 Å². The van der Waals surface area contributed by atoms with Crippen LogP contribution in [0.1, 0.15) is 17.5 Å². The highest BCUT2D eigenvalue weighted by Crippen LogP contribution is 2.36. The van der Waals surface area contributed by atoms with Crippen LogP contribution in [0.15, 0.2) is 47.2 Å². The lowest BCUT2D eigenvalue weighted by Crippen LogP contribution is -2.27. The average Bonchev–Trinajstić information content (AvgIpc) is 3.46. The van der Waals surface area contributed by atoms with Crippen LogP contribution in [0.2, 0.25) is 0 Å². The molecular weight excluding hydrogens is 422 g/mol.